The van der Waals surface area contributed by atoms with Crippen molar-refractivity contribution in [2.24, 2.45) is 0 Å². The predicted octanol–water partition coefficient (Wildman–Crippen LogP) is 3.50. The van der Waals surface area contributed by atoms with Crippen LogP contribution in [0.25, 0.3) is 11.1 Å². The number of aromatic nitrogens is 4. The quantitative estimate of drug-likeness (QED) is 0.572. The van der Waals surface area contributed by atoms with Crippen molar-refractivity contribution in [3.8, 4) is 11.1 Å². The van der Waals surface area contributed by atoms with E-state index in [0.29, 0.717) is 16.8 Å². The van der Waals surface area contributed by atoms with E-state index in [0.717, 1.165) is 17.8 Å². The topological polar surface area (TPSA) is 113 Å². The number of hydrogen-bond acceptors (Lipinski definition) is 7. The summed E-state index contributed by atoms with van der Waals surface area (Å²) in [6, 6.07) is 6.07. The number of anilines is 3. The number of halogens is 3. The van der Waals surface area contributed by atoms with Crippen LogP contribution in [-0.4, -0.2) is 37.6 Å². The zero-order valence-electron chi connectivity index (χ0n) is 15.0. The average molecular weight is 404 g/mol. The first-order chi connectivity index (χ1) is 13.7. The van der Waals surface area contributed by atoms with Gasteiger partial charge in [0.15, 0.2) is 0 Å². The lowest BCUT2D eigenvalue weighted by Crippen LogP contribution is -2.14. The monoisotopic (exact) mass is 404 g/mol. The summed E-state index contributed by atoms with van der Waals surface area (Å²) in [5, 5.41) is 14.0. The van der Waals surface area contributed by atoms with Gasteiger partial charge < -0.3 is 15.7 Å². The number of aliphatic carboxylic acids is 1. The minimum atomic E-state index is -4.56. The molecule has 2 heterocycles. The van der Waals surface area contributed by atoms with Crippen molar-refractivity contribution >= 4 is 23.6 Å². The standard InChI is InChI=1S/C18H15F3N6O2/c1-10-4-11(12-7-23-16(24-8-12)25-9-15(28)29)6-13(5-10)26-17-22-3-2-14(27-17)18(19,20)21/h2-8H,9H2,1H3,(H,28,29)(H,22,26,27)(H,23,24,25). The van der Waals surface area contributed by atoms with Gasteiger partial charge in [0.2, 0.25) is 11.9 Å². The van der Waals surface area contributed by atoms with Gasteiger partial charge in [-0.05, 0) is 36.2 Å². The molecule has 1 aromatic carbocycles. The fourth-order valence-electron chi connectivity index (χ4n) is 2.45. The normalized spacial score (nSPS) is 11.2. The molecule has 8 nitrogen and oxygen atoms in total. The number of nitrogens with one attached hydrogen (secondary N) is 2. The van der Waals surface area contributed by atoms with Crippen LogP contribution in [0.5, 0.6) is 0 Å². The largest absolute Gasteiger partial charge is 0.480 e. The summed E-state index contributed by atoms with van der Waals surface area (Å²) in [5.41, 5.74) is 1.64. The SMILES string of the molecule is Cc1cc(Nc2nccc(C(F)(F)F)n2)cc(-c2cnc(NCC(=O)O)nc2)c1. The van der Waals surface area contributed by atoms with Crippen LogP contribution in [-0.2, 0) is 11.0 Å². The van der Waals surface area contributed by atoms with Crippen molar-refractivity contribution in [2.45, 2.75) is 13.1 Å². The van der Waals surface area contributed by atoms with Crippen LogP contribution < -0.4 is 10.6 Å². The summed E-state index contributed by atoms with van der Waals surface area (Å²) in [6.07, 6.45) is -0.510. The van der Waals surface area contributed by atoms with E-state index in [-0.39, 0.29) is 18.4 Å². The molecule has 0 aliphatic carbocycles. The van der Waals surface area contributed by atoms with Crippen molar-refractivity contribution in [1.82, 2.24) is 19.9 Å². The van der Waals surface area contributed by atoms with Crippen molar-refractivity contribution in [2.75, 3.05) is 17.2 Å². The summed E-state index contributed by atoms with van der Waals surface area (Å²) in [7, 11) is 0. The second-order valence-corrected chi connectivity index (χ2v) is 6.02. The third-order valence-electron chi connectivity index (χ3n) is 3.66. The molecule has 0 aliphatic rings. The molecule has 11 heteroatoms. The fourth-order valence-corrected chi connectivity index (χ4v) is 2.45. The van der Waals surface area contributed by atoms with Gasteiger partial charge in [-0.15, -0.1) is 0 Å². The van der Waals surface area contributed by atoms with E-state index in [1.165, 1.54) is 12.4 Å². The Morgan fingerprint density at radius 1 is 1.07 bits per heavy atom. The van der Waals surface area contributed by atoms with Gasteiger partial charge in [-0.2, -0.15) is 13.2 Å². The number of carboxylic acids is 1. The summed E-state index contributed by atoms with van der Waals surface area (Å²) in [6.45, 7) is 1.51. The molecule has 0 radical (unpaired) electrons. The molecule has 0 fully saturated rings. The highest BCUT2D eigenvalue weighted by atomic mass is 19.4. The van der Waals surface area contributed by atoms with Crippen molar-refractivity contribution in [3.05, 3.63) is 54.1 Å². The maximum absolute atomic E-state index is 12.8. The molecular weight excluding hydrogens is 389 g/mol. The molecule has 29 heavy (non-hydrogen) atoms. The van der Waals surface area contributed by atoms with E-state index in [1.54, 1.807) is 12.1 Å². The average Bonchev–Trinajstić information content (AvgIpc) is 2.66. The Balaban J connectivity index is 1.82. The second-order valence-electron chi connectivity index (χ2n) is 6.02. The minimum absolute atomic E-state index is 0.166. The first kappa shape index (κ1) is 20.0. The van der Waals surface area contributed by atoms with Crippen LogP contribution >= 0.6 is 0 Å². The van der Waals surface area contributed by atoms with E-state index in [1.807, 2.05) is 13.0 Å². The molecule has 0 spiro atoms. The van der Waals surface area contributed by atoms with E-state index >= 15 is 0 Å². The Morgan fingerprint density at radius 3 is 2.45 bits per heavy atom. The van der Waals surface area contributed by atoms with Gasteiger partial charge in [0.25, 0.3) is 0 Å². The van der Waals surface area contributed by atoms with Gasteiger partial charge in [-0.1, -0.05) is 6.07 Å². The number of benzene rings is 1. The highest BCUT2D eigenvalue weighted by Crippen LogP contribution is 2.29. The van der Waals surface area contributed by atoms with Crippen molar-refractivity contribution in [3.63, 3.8) is 0 Å². The molecule has 3 rings (SSSR count). The number of hydrogen-bond donors (Lipinski definition) is 3. The second kappa shape index (κ2) is 8.09. The summed E-state index contributed by atoms with van der Waals surface area (Å²) in [4.78, 5) is 26.0. The smallest absolute Gasteiger partial charge is 0.433 e. The molecule has 3 aromatic rings. The first-order valence-electron chi connectivity index (χ1n) is 8.28. The van der Waals surface area contributed by atoms with Gasteiger partial charge in [0.05, 0.1) is 0 Å². The molecule has 0 atom stereocenters. The number of alkyl halides is 3. The van der Waals surface area contributed by atoms with Crippen LogP contribution in [0.15, 0.2) is 42.9 Å². The number of carboxylic acid groups (broad SMARTS) is 1. The molecular formula is C18H15F3N6O2. The van der Waals surface area contributed by atoms with Crippen LogP contribution in [0.3, 0.4) is 0 Å². The minimum Gasteiger partial charge on any atom is -0.480 e. The molecule has 150 valence electrons. The molecule has 0 aliphatic heterocycles. The molecule has 0 bridgehead atoms. The fraction of sp³-hybridized carbons (Fsp3) is 0.167. The first-order valence-corrected chi connectivity index (χ1v) is 8.28. The van der Waals surface area contributed by atoms with Gasteiger partial charge in [0.1, 0.15) is 12.2 Å². The molecule has 3 N–H and O–H groups in total. The van der Waals surface area contributed by atoms with Crippen LogP contribution in [0.1, 0.15) is 11.3 Å². The van der Waals surface area contributed by atoms with E-state index in [9.17, 15) is 18.0 Å². The number of carbonyl (C=O) groups is 1. The van der Waals surface area contributed by atoms with Crippen molar-refractivity contribution in [1.29, 1.82) is 0 Å². The molecule has 2 aromatic heterocycles. The predicted molar refractivity (Wildman–Crippen MR) is 98.6 cm³/mol. The number of aryl methyl sites for hydroxylation is 1. The Bertz CT molecular complexity index is 1020. The Kier molecular flexibility index (Phi) is 5.57. The lowest BCUT2D eigenvalue weighted by atomic mass is 10.1. The third-order valence-corrected chi connectivity index (χ3v) is 3.66. The lowest BCUT2D eigenvalue weighted by Gasteiger charge is -2.11. The summed E-state index contributed by atoms with van der Waals surface area (Å²) < 4.78 is 38.5. The van der Waals surface area contributed by atoms with Crippen LogP contribution in [0.2, 0.25) is 0 Å². The van der Waals surface area contributed by atoms with Gasteiger partial charge in [0, 0.05) is 29.8 Å². The zero-order valence-corrected chi connectivity index (χ0v) is 15.0. The summed E-state index contributed by atoms with van der Waals surface area (Å²) in [5.74, 6) is -1.05. The molecule has 0 saturated heterocycles. The van der Waals surface area contributed by atoms with Gasteiger partial charge in [-0.25, -0.2) is 19.9 Å². The lowest BCUT2D eigenvalue weighted by molar-refractivity contribution is -0.141. The number of nitrogens with zero attached hydrogens (tertiary/aromatic N) is 4. The third kappa shape index (κ3) is 5.37. The maximum atomic E-state index is 12.8. The Labute approximate surface area is 162 Å². The van der Waals surface area contributed by atoms with Gasteiger partial charge >= 0.3 is 12.1 Å². The Morgan fingerprint density at radius 2 is 1.79 bits per heavy atom. The maximum Gasteiger partial charge on any atom is 0.433 e. The summed E-state index contributed by atoms with van der Waals surface area (Å²) >= 11 is 0. The molecule has 0 amide bonds. The molecule has 0 saturated carbocycles. The van der Waals surface area contributed by atoms with E-state index in [2.05, 4.69) is 30.6 Å². The Hall–Kier alpha value is -3.76. The highest BCUT2D eigenvalue weighted by molar-refractivity contribution is 5.72. The van der Waals surface area contributed by atoms with E-state index in [4.69, 9.17) is 5.11 Å². The van der Waals surface area contributed by atoms with Crippen molar-refractivity contribution < 1.29 is 23.1 Å². The van der Waals surface area contributed by atoms with E-state index < -0.39 is 17.8 Å². The van der Waals surface area contributed by atoms with Gasteiger partial charge in [-0.3, -0.25) is 4.79 Å². The highest BCUT2D eigenvalue weighted by Gasteiger charge is 2.32. The van der Waals surface area contributed by atoms with Crippen LogP contribution in [0.4, 0.5) is 30.8 Å². The number of rotatable bonds is 6. The zero-order chi connectivity index (χ0) is 21.0. The molecule has 0 unspecified atom stereocenters. The van der Waals surface area contributed by atoms with Crippen LogP contribution in [0, 0.1) is 6.92 Å².